The number of carboxylic acid groups (broad SMARTS) is 1. The molecule has 32 heavy (non-hydrogen) atoms. The van der Waals surface area contributed by atoms with Gasteiger partial charge in [0.25, 0.3) is 0 Å². The third-order valence-corrected chi connectivity index (χ3v) is 7.30. The highest BCUT2D eigenvalue weighted by molar-refractivity contribution is 9.10. The number of aromatic nitrogens is 5. The molecule has 1 aliphatic heterocycles. The van der Waals surface area contributed by atoms with Crippen molar-refractivity contribution in [2.75, 3.05) is 13.2 Å². The van der Waals surface area contributed by atoms with Gasteiger partial charge in [-0.05, 0) is 65.7 Å². The zero-order valence-electron chi connectivity index (χ0n) is 18.2. The van der Waals surface area contributed by atoms with Crippen molar-refractivity contribution >= 4 is 44.0 Å². The van der Waals surface area contributed by atoms with Crippen LogP contribution in [0.5, 0.6) is 0 Å². The summed E-state index contributed by atoms with van der Waals surface area (Å²) < 4.78 is 10.3. The van der Waals surface area contributed by atoms with Gasteiger partial charge in [0.15, 0.2) is 5.69 Å². The Balaban J connectivity index is 1.95. The summed E-state index contributed by atoms with van der Waals surface area (Å²) in [6.45, 7) is 5.44. The number of pyridine rings is 2. The minimum absolute atomic E-state index is 0.0293. The van der Waals surface area contributed by atoms with Crippen molar-refractivity contribution in [3.05, 3.63) is 51.5 Å². The van der Waals surface area contributed by atoms with Crippen LogP contribution in [0.15, 0.2) is 29.0 Å². The van der Waals surface area contributed by atoms with E-state index in [-0.39, 0.29) is 17.7 Å². The Labute approximate surface area is 193 Å². The number of fused-ring (bicyclic) bond motifs is 3. The van der Waals surface area contributed by atoms with Gasteiger partial charge in [-0.2, -0.15) is 5.10 Å². The number of halogens is 1. The summed E-state index contributed by atoms with van der Waals surface area (Å²) in [5, 5.41) is 14.4. The molecule has 5 rings (SSSR count). The predicted octanol–water partition coefficient (Wildman–Crippen LogP) is 4.41. The summed E-state index contributed by atoms with van der Waals surface area (Å²) >= 11 is 3.63. The topological polar surface area (TPSA) is 95.1 Å². The number of hydrogen-bond donors (Lipinski definition) is 1. The van der Waals surface area contributed by atoms with Crippen LogP contribution in [0.3, 0.4) is 0 Å². The molecule has 4 aromatic rings. The second kappa shape index (κ2) is 7.97. The van der Waals surface area contributed by atoms with E-state index < -0.39 is 5.97 Å². The van der Waals surface area contributed by atoms with Crippen LogP contribution >= 0.6 is 15.9 Å². The number of aryl methyl sites for hydroxylation is 3. The smallest absolute Gasteiger partial charge is 0.358 e. The molecule has 1 saturated heterocycles. The van der Waals surface area contributed by atoms with Crippen LogP contribution in [-0.2, 0) is 11.8 Å². The summed E-state index contributed by atoms with van der Waals surface area (Å²) in [7, 11) is 1.77. The first kappa shape index (κ1) is 21.1. The van der Waals surface area contributed by atoms with Gasteiger partial charge < -0.3 is 14.4 Å². The van der Waals surface area contributed by atoms with Crippen molar-refractivity contribution in [3.63, 3.8) is 0 Å². The van der Waals surface area contributed by atoms with E-state index in [4.69, 9.17) is 14.7 Å². The van der Waals surface area contributed by atoms with Crippen LogP contribution in [0.2, 0.25) is 0 Å². The molecule has 0 bridgehead atoms. The van der Waals surface area contributed by atoms with E-state index in [1.165, 1.54) is 0 Å². The molecule has 4 aromatic heterocycles. The summed E-state index contributed by atoms with van der Waals surface area (Å²) in [5.41, 5.74) is 6.01. The van der Waals surface area contributed by atoms with E-state index in [9.17, 15) is 9.90 Å². The zero-order valence-corrected chi connectivity index (χ0v) is 19.8. The molecule has 1 aliphatic rings. The molecule has 0 amide bonds. The molecule has 1 unspecified atom stereocenters. The number of rotatable bonds is 4. The SMILES string of the molecule is Cc1cccnc1C(C1CCOCC1)n1c2c(C)c(Br)cnc2c2c1c(C(=O)O)nn2C. The first-order valence-electron chi connectivity index (χ1n) is 10.6. The first-order valence-corrected chi connectivity index (χ1v) is 11.4. The van der Waals surface area contributed by atoms with E-state index in [1.54, 1.807) is 24.1 Å². The molecule has 0 aromatic carbocycles. The molecule has 8 nitrogen and oxygen atoms in total. The summed E-state index contributed by atoms with van der Waals surface area (Å²) in [4.78, 5) is 21.7. The Morgan fingerprint density at radius 2 is 1.97 bits per heavy atom. The van der Waals surface area contributed by atoms with E-state index >= 15 is 0 Å². The van der Waals surface area contributed by atoms with Gasteiger partial charge in [0.2, 0.25) is 0 Å². The van der Waals surface area contributed by atoms with Gasteiger partial charge in [0.1, 0.15) is 16.6 Å². The van der Waals surface area contributed by atoms with Gasteiger partial charge in [0.05, 0.1) is 17.3 Å². The molecule has 0 radical (unpaired) electrons. The first-order chi connectivity index (χ1) is 15.4. The van der Waals surface area contributed by atoms with Crippen molar-refractivity contribution in [2.45, 2.75) is 32.7 Å². The Morgan fingerprint density at radius 3 is 2.66 bits per heavy atom. The second-order valence-corrected chi connectivity index (χ2v) is 9.23. The Morgan fingerprint density at radius 1 is 1.22 bits per heavy atom. The van der Waals surface area contributed by atoms with Gasteiger partial charge in [-0.3, -0.25) is 14.6 Å². The largest absolute Gasteiger partial charge is 0.476 e. The van der Waals surface area contributed by atoms with Gasteiger partial charge in [-0.25, -0.2) is 4.79 Å². The van der Waals surface area contributed by atoms with Crippen molar-refractivity contribution in [1.82, 2.24) is 24.3 Å². The lowest BCUT2D eigenvalue weighted by Crippen LogP contribution is -2.28. The molecular weight excluding hydrogens is 474 g/mol. The number of nitrogens with zero attached hydrogens (tertiary/aromatic N) is 5. The maximum atomic E-state index is 12.3. The Kier molecular flexibility index (Phi) is 5.25. The molecule has 5 heterocycles. The summed E-state index contributed by atoms with van der Waals surface area (Å²) in [6.07, 6.45) is 5.31. The molecule has 1 atom stereocenters. The lowest BCUT2D eigenvalue weighted by atomic mass is 9.87. The predicted molar refractivity (Wildman–Crippen MR) is 124 cm³/mol. The van der Waals surface area contributed by atoms with E-state index in [0.717, 1.165) is 50.7 Å². The van der Waals surface area contributed by atoms with Crippen molar-refractivity contribution in [1.29, 1.82) is 0 Å². The van der Waals surface area contributed by atoms with E-state index in [2.05, 4.69) is 38.6 Å². The summed E-state index contributed by atoms with van der Waals surface area (Å²) in [6, 6.07) is 3.82. The summed E-state index contributed by atoms with van der Waals surface area (Å²) in [5.74, 6) is -0.823. The van der Waals surface area contributed by atoms with Crippen molar-refractivity contribution < 1.29 is 14.6 Å². The van der Waals surface area contributed by atoms with Crippen LogP contribution in [0.25, 0.3) is 22.1 Å². The van der Waals surface area contributed by atoms with Gasteiger partial charge in [0, 0.05) is 37.1 Å². The number of hydrogen-bond acceptors (Lipinski definition) is 5. The fourth-order valence-electron chi connectivity index (χ4n) is 4.97. The Bertz CT molecular complexity index is 1350. The third kappa shape index (κ3) is 3.14. The number of carboxylic acids is 1. The normalized spacial score (nSPS) is 16.1. The molecule has 1 N–H and O–H groups in total. The fraction of sp³-hybridized carbons (Fsp3) is 0.391. The van der Waals surface area contributed by atoms with Crippen LogP contribution < -0.4 is 0 Å². The molecule has 0 saturated carbocycles. The Hall–Kier alpha value is -2.78. The molecule has 0 spiro atoms. The zero-order chi connectivity index (χ0) is 22.6. The van der Waals surface area contributed by atoms with Crippen LogP contribution in [-0.4, -0.2) is 48.6 Å². The molecular formula is C23H24BrN5O3. The highest BCUT2D eigenvalue weighted by atomic mass is 79.9. The quantitative estimate of drug-likeness (QED) is 0.448. The van der Waals surface area contributed by atoms with E-state index in [0.29, 0.717) is 18.7 Å². The van der Waals surface area contributed by atoms with Gasteiger partial charge >= 0.3 is 5.97 Å². The van der Waals surface area contributed by atoms with Crippen LogP contribution in [0, 0.1) is 19.8 Å². The fourth-order valence-corrected chi connectivity index (χ4v) is 5.26. The van der Waals surface area contributed by atoms with E-state index in [1.807, 2.05) is 13.0 Å². The number of aromatic carboxylic acids is 1. The molecule has 9 heteroatoms. The standard InChI is InChI=1S/C23H24BrN5O3/c1-12-5-4-8-25-16(12)20(14-6-9-32-10-7-14)29-19-13(2)15(24)11-26-17(19)21-22(29)18(23(30)31)27-28(21)3/h4-5,8,11,14,20H,6-7,9-10H2,1-3H3,(H,30,31). The van der Waals surface area contributed by atoms with Gasteiger partial charge in [-0.15, -0.1) is 0 Å². The average Bonchev–Trinajstić information content (AvgIpc) is 3.30. The maximum Gasteiger partial charge on any atom is 0.358 e. The monoisotopic (exact) mass is 497 g/mol. The van der Waals surface area contributed by atoms with Crippen LogP contribution in [0.1, 0.15) is 46.2 Å². The lowest BCUT2D eigenvalue weighted by Gasteiger charge is -2.33. The number of carbonyl (C=O) groups is 1. The number of ether oxygens (including phenoxy) is 1. The highest BCUT2D eigenvalue weighted by Gasteiger charge is 2.35. The van der Waals surface area contributed by atoms with Crippen molar-refractivity contribution in [3.8, 4) is 0 Å². The molecule has 166 valence electrons. The highest BCUT2D eigenvalue weighted by Crippen LogP contribution is 2.43. The molecule has 1 fully saturated rings. The second-order valence-electron chi connectivity index (χ2n) is 8.37. The lowest BCUT2D eigenvalue weighted by molar-refractivity contribution is 0.0545. The molecule has 0 aliphatic carbocycles. The van der Waals surface area contributed by atoms with Crippen LogP contribution in [0.4, 0.5) is 0 Å². The van der Waals surface area contributed by atoms with Crippen molar-refractivity contribution in [2.24, 2.45) is 13.0 Å². The minimum Gasteiger partial charge on any atom is -0.476 e. The maximum absolute atomic E-state index is 12.3. The minimum atomic E-state index is -1.06. The third-order valence-electron chi connectivity index (χ3n) is 6.50. The average molecular weight is 498 g/mol. The van der Waals surface area contributed by atoms with Gasteiger partial charge in [-0.1, -0.05) is 6.07 Å².